The van der Waals surface area contributed by atoms with Gasteiger partial charge in [-0.25, -0.2) is 19.9 Å². The summed E-state index contributed by atoms with van der Waals surface area (Å²) in [6.07, 6.45) is 0. The van der Waals surface area contributed by atoms with Gasteiger partial charge in [0.25, 0.3) is 0 Å². The van der Waals surface area contributed by atoms with Crippen molar-refractivity contribution < 1.29 is 0 Å². The number of nitrogens with zero attached hydrogens (tertiary/aromatic N) is 6. The van der Waals surface area contributed by atoms with E-state index in [2.05, 4.69) is 229 Å². The first-order valence-electron chi connectivity index (χ1n) is 25.0. The molecule has 0 radical (unpaired) electrons. The molecule has 74 heavy (non-hydrogen) atoms. The molecule has 4 aromatic heterocycles. The van der Waals surface area contributed by atoms with E-state index in [1.165, 1.54) is 11.1 Å². The first kappa shape index (κ1) is 44.2. The molecular formula is C68H48N6. The molecule has 0 saturated carbocycles. The fraction of sp³-hybridized carbons (Fsp3) is 0.0294. The molecule has 0 N–H and O–H groups in total. The molecule has 9 aromatic carbocycles. The molecule has 0 spiro atoms. The maximum absolute atomic E-state index is 5.14. The first-order chi connectivity index (χ1) is 36.5. The summed E-state index contributed by atoms with van der Waals surface area (Å²) in [5, 5.41) is 2.28. The SMILES string of the molecule is Cc1ccc(-c2cc3cc4c(cc(-c5ccc(C)cc5)n4-c4ccc(-c5cc(-c6ccccc6)nc(-c6ccccc6)n5)cc4)cc3n2-c2ccc(-c3cc(-c4ccccc4)nc(-c4ccccc4)n3)cc2)cc1. The molecule has 0 unspecified atom stereocenters. The van der Waals surface area contributed by atoms with Gasteiger partial charge >= 0.3 is 0 Å². The van der Waals surface area contributed by atoms with Crippen molar-refractivity contribution in [2.45, 2.75) is 13.8 Å². The van der Waals surface area contributed by atoms with Crippen molar-refractivity contribution in [2.24, 2.45) is 0 Å². The fourth-order valence-electron chi connectivity index (χ4n) is 10.0. The lowest BCUT2D eigenvalue weighted by Gasteiger charge is -2.14. The van der Waals surface area contributed by atoms with Crippen molar-refractivity contribution in [2.75, 3.05) is 0 Å². The van der Waals surface area contributed by atoms with Crippen LogP contribution in [0, 0.1) is 13.8 Å². The molecular weight excluding hydrogens is 901 g/mol. The van der Waals surface area contributed by atoms with Gasteiger partial charge in [0.15, 0.2) is 11.6 Å². The second-order valence-corrected chi connectivity index (χ2v) is 18.9. The summed E-state index contributed by atoms with van der Waals surface area (Å²) in [6, 6.07) is 90.0. The van der Waals surface area contributed by atoms with Crippen LogP contribution >= 0.6 is 0 Å². The molecule has 0 aliphatic carbocycles. The van der Waals surface area contributed by atoms with Crippen molar-refractivity contribution >= 4 is 21.8 Å². The molecule has 0 amide bonds. The average Bonchev–Trinajstić information content (AvgIpc) is 4.04. The van der Waals surface area contributed by atoms with E-state index >= 15 is 0 Å². The fourth-order valence-corrected chi connectivity index (χ4v) is 10.0. The lowest BCUT2D eigenvalue weighted by atomic mass is 10.1. The standard InChI is InChI=1S/C68H48N6/c1-45-23-27-51(28-24-45)63-39-55-41-66-56(42-65(55)73(63)57-35-31-49(32-36-57)61-43-59(47-15-7-3-8-16-47)69-67(71-61)53-19-11-5-12-20-53)40-64(52-29-25-46(2)26-30-52)74(66)58-37-33-50(34-38-58)62-44-60(48-17-9-4-10-18-48)70-68(72-62)54-21-13-6-14-22-54/h3-44H,1-2H3. The highest BCUT2D eigenvalue weighted by molar-refractivity contribution is 6.02. The second-order valence-electron chi connectivity index (χ2n) is 18.9. The lowest BCUT2D eigenvalue weighted by molar-refractivity contribution is 1.13. The van der Waals surface area contributed by atoms with Gasteiger partial charge in [-0.05, 0) is 85.6 Å². The molecule has 13 rings (SSSR count). The third-order valence-corrected chi connectivity index (χ3v) is 13.9. The monoisotopic (exact) mass is 948 g/mol. The topological polar surface area (TPSA) is 61.4 Å². The molecule has 4 heterocycles. The van der Waals surface area contributed by atoms with E-state index in [1.54, 1.807) is 0 Å². The second kappa shape index (κ2) is 18.8. The van der Waals surface area contributed by atoms with Gasteiger partial charge in [0.1, 0.15) is 0 Å². The molecule has 0 saturated heterocycles. The number of aromatic nitrogens is 6. The maximum Gasteiger partial charge on any atom is 0.160 e. The zero-order valence-electron chi connectivity index (χ0n) is 40.9. The van der Waals surface area contributed by atoms with Gasteiger partial charge in [0.05, 0.1) is 45.2 Å². The van der Waals surface area contributed by atoms with Crippen LogP contribution in [0.4, 0.5) is 0 Å². The Kier molecular flexibility index (Phi) is 11.2. The molecule has 0 atom stereocenters. The van der Waals surface area contributed by atoms with Gasteiger partial charge in [-0.15, -0.1) is 0 Å². The first-order valence-corrected chi connectivity index (χ1v) is 25.0. The third-order valence-electron chi connectivity index (χ3n) is 13.9. The quantitative estimate of drug-likeness (QED) is 0.137. The lowest BCUT2D eigenvalue weighted by Crippen LogP contribution is -1.99. The van der Waals surface area contributed by atoms with Crippen LogP contribution in [0.1, 0.15) is 11.1 Å². The molecule has 0 fully saturated rings. The largest absolute Gasteiger partial charge is 0.309 e. The Morgan fingerprint density at radius 3 is 0.865 bits per heavy atom. The van der Waals surface area contributed by atoms with Gasteiger partial charge in [0, 0.05) is 55.5 Å². The Bertz CT molecular complexity index is 3740. The van der Waals surface area contributed by atoms with E-state index in [-0.39, 0.29) is 0 Å². The van der Waals surface area contributed by atoms with Crippen LogP contribution < -0.4 is 0 Å². The summed E-state index contributed by atoms with van der Waals surface area (Å²) in [5.74, 6) is 1.39. The van der Waals surface area contributed by atoms with Crippen LogP contribution in [0.15, 0.2) is 255 Å². The zero-order valence-corrected chi connectivity index (χ0v) is 40.9. The minimum atomic E-state index is 0.696. The van der Waals surface area contributed by atoms with Crippen molar-refractivity contribution in [3.8, 4) is 102 Å². The molecule has 6 nitrogen and oxygen atoms in total. The van der Waals surface area contributed by atoms with Crippen molar-refractivity contribution in [1.29, 1.82) is 0 Å². The summed E-state index contributed by atoms with van der Waals surface area (Å²) < 4.78 is 4.81. The highest BCUT2D eigenvalue weighted by atomic mass is 15.0. The number of hydrogen-bond acceptors (Lipinski definition) is 4. The average molecular weight is 949 g/mol. The Labute approximate surface area is 430 Å². The summed E-state index contributed by atoms with van der Waals surface area (Å²) in [5.41, 5.74) is 20.9. The van der Waals surface area contributed by atoms with E-state index in [0.717, 1.165) is 112 Å². The van der Waals surface area contributed by atoms with Gasteiger partial charge in [-0.2, -0.15) is 0 Å². The molecule has 0 aliphatic heterocycles. The van der Waals surface area contributed by atoms with Crippen molar-refractivity contribution in [3.63, 3.8) is 0 Å². The number of hydrogen-bond donors (Lipinski definition) is 0. The van der Waals surface area contributed by atoms with Gasteiger partial charge in [-0.1, -0.05) is 205 Å². The molecule has 350 valence electrons. The van der Waals surface area contributed by atoms with Gasteiger partial charge in [0.2, 0.25) is 0 Å². The minimum Gasteiger partial charge on any atom is -0.309 e. The highest BCUT2D eigenvalue weighted by Crippen LogP contribution is 2.40. The zero-order chi connectivity index (χ0) is 49.5. The van der Waals surface area contributed by atoms with Gasteiger partial charge in [-0.3, -0.25) is 0 Å². The Morgan fingerprint density at radius 1 is 0.257 bits per heavy atom. The Morgan fingerprint density at radius 2 is 0.541 bits per heavy atom. The minimum absolute atomic E-state index is 0.696. The Hall–Kier alpha value is -9.78. The van der Waals surface area contributed by atoms with E-state index in [4.69, 9.17) is 19.9 Å². The maximum atomic E-state index is 5.14. The normalized spacial score (nSPS) is 11.4. The van der Waals surface area contributed by atoms with E-state index in [9.17, 15) is 0 Å². The smallest absolute Gasteiger partial charge is 0.160 e. The Balaban J connectivity index is 0.943. The van der Waals surface area contributed by atoms with Crippen LogP contribution in [-0.4, -0.2) is 29.1 Å². The molecule has 6 heteroatoms. The number of rotatable bonds is 10. The molecule has 0 aliphatic rings. The van der Waals surface area contributed by atoms with E-state index in [0.29, 0.717) is 11.6 Å². The predicted octanol–water partition coefficient (Wildman–Crippen LogP) is 17.1. The number of benzene rings is 9. The molecule has 0 bridgehead atoms. The third kappa shape index (κ3) is 8.44. The molecule has 13 aromatic rings. The van der Waals surface area contributed by atoms with E-state index in [1.807, 2.05) is 48.5 Å². The predicted molar refractivity (Wildman–Crippen MR) is 304 cm³/mol. The van der Waals surface area contributed by atoms with E-state index < -0.39 is 0 Å². The van der Waals surface area contributed by atoms with Crippen molar-refractivity contribution in [3.05, 3.63) is 266 Å². The van der Waals surface area contributed by atoms with Crippen LogP contribution in [0.25, 0.3) is 124 Å². The summed E-state index contributed by atoms with van der Waals surface area (Å²) in [4.78, 5) is 20.4. The van der Waals surface area contributed by atoms with Crippen LogP contribution in [-0.2, 0) is 0 Å². The summed E-state index contributed by atoms with van der Waals surface area (Å²) in [7, 11) is 0. The van der Waals surface area contributed by atoms with Gasteiger partial charge < -0.3 is 9.13 Å². The van der Waals surface area contributed by atoms with Crippen LogP contribution in [0.5, 0.6) is 0 Å². The van der Waals surface area contributed by atoms with Crippen LogP contribution in [0.2, 0.25) is 0 Å². The highest BCUT2D eigenvalue weighted by Gasteiger charge is 2.20. The van der Waals surface area contributed by atoms with Crippen LogP contribution in [0.3, 0.4) is 0 Å². The summed E-state index contributed by atoms with van der Waals surface area (Å²) >= 11 is 0. The number of fused-ring (bicyclic) bond motifs is 2. The number of aryl methyl sites for hydroxylation is 2. The van der Waals surface area contributed by atoms with Crippen molar-refractivity contribution in [1.82, 2.24) is 29.1 Å². The summed E-state index contributed by atoms with van der Waals surface area (Å²) in [6.45, 7) is 4.28.